The fraction of sp³-hybridized carbons (Fsp3) is 0.417. The number of hydrogen-bond donors (Lipinski definition) is 2. The summed E-state index contributed by atoms with van der Waals surface area (Å²) in [7, 11) is 0. The smallest absolute Gasteiger partial charge is 0.416 e. The predicted molar refractivity (Wildman–Crippen MR) is 61.2 cm³/mol. The van der Waals surface area contributed by atoms with Crippen LogP contribution in [0.5, 0.6) is 0 Å². The monoisotopic (exact) mass is 275 g/mol. The normalized spacial score (nSPS) is 19.8. The van der Waals surface area contributed by atoms with E-state index in [1.165, 1.54) is 0 Å². The second-order valence-electron chi connectivity index (χ2n) is 4.42. The van der Waals surface area contributed by atoms with Gasteiger partial charge in [-0.05, 0) is 24.6 Å². The SMILES string of the molecule is O=C(O)c1cc(C(F)(F)F)ccc1N1CC[C@H](O)C1. The lowest BCUT2D eigenvalue weighted by Gasteiger charge is -2.21. The number of aliphatic hydroxyl groups is 1. The van der Waals surface area contributed by atoms with Gasteiger partial charge in [0.2, 0.25) is 0 Å². The third kappa shape index (κ3) is 2.81. The third-order valence-electron chi connectivity index (χ3n) is 3.06. The molecule has 0 aliphatic carbocycles. The van der Waals surface area contributed by atoms with Crippen LogP contribution in [0.3, 0.4) is 0 Å². The van der Waals surface area contributed by atoms with Crippen molar-refractivity contribution in [3.05, 3.63) is 29.3 Å². The van der Waals surface area contributed by atoms with Gasteiger partial charge >= 0.3 is 12.1 Å². The summed E-state index contributed by atoms with van der Waals surface area (Å²) in [4.78, 5) is 12.7. The molecule has 0 radical (unpaired) electrons. The van der Waals surface area contributed by atoms with Crippen LogP contribution in [-0.4, -0.2) is 35.4 Å². The number of carboxylic acids is 1. The van der Waals surface area contributed by atoms with Crippen LogP contribution in [-0.2, 0) is 6.18 Å². The molecule has 104 valence electrons. The van der Waals surface area contributed by atoms with E-state index in [-0.39, 0.29) is 12.2 Å². The molecule has 0 saturated carbocycles. The van der Waals surface area contributed by atoms with Gasteiger partial charge in [-0.3, -0.25) is 0 Å². The van der Waals surface area contributed by atoms with Crippen LogP contribution < -0.4 is 4.90 Å². The molecular formula is C12H12F3NO3. The lowest BCUT2D eigenvalue weighted by atomic mass is 10.1. The maximum Gasteiger partial charge on any atom is 0.416 e. The van der Waals surface area contributed by atoms with Crippen molar-refractivity contribution in [2.24, 2.45) is 0 Å². The Hall–Kier alpha value is -1.76. The zero-order chi connectivity index (χ0) is 14.2. The van der Waals surface area contributed by atoms with E-state index in [9.17, 15) is 23.1 Å². The van der Waals surface area contributed by atoms with Crippen molar-refractivity contribution in [1.29, 1.82) is 0 Å². The maximum atomic E-state index is 12.6. The number of benzene rings is 1. The van der Waals surface area contributed by atoms with E-state index in [0.717, 1.165) is 12.1 Å². The Morgan fingerprint density at radius 3 is 2.53 bits per heavy atom. The minimum Gasteiger partial charge on any atom is -0.478 e. The average molecular weight is 275 g/mol. The fourth-order valence-electron chi connectivity index (χ4n) is 2.12. The first kappa shape index (κ1) is 13.7. The highest BCUT2D eigenvalue weighted by atomic mass is 19.4. The minimum absolute atomic E-state index is 0.206. The summed E-state index contributed by atoms with van der Waals surface area (Å²) in [6.45, 7) is 0.651. The Balaban J connectivity index is 2.42. The molecule has 2 rings (SSSR count). The van der Waals surface area contributed by atoms with Gasteiger partial charge in [-0.2, -0.15) is 13.2 Å². The van der Waals surface area contributed by atoms with Crippen LogP contribution in [0.25, 0.3) is 0 Å². The molecule has 0 amide bonds. The summed E-state index contributed by atoms with van der Waals surface area (Å²) in [5.74, 6) is -1.41. The molecule has 1 aromatic rings. The van der Waals surface area contributed by atoms with E-state index < -0.39 is 29.4 Å². The molecule has 19 heavy (non-hydrogen) atoms. The van der Waals surface area contributed by atoms with E-state index in [1.807, 2.05) is 0 Å². The van der Waals surface area contributed by atoms with Crippen molar-refractivity contribution in [1.82, 2.24) is 0 Å². The van der Waals surface area contributed by atoms with Crippen LogP contribution in [0.2, 0.25) is 0 Å². The molecule has 0 aromatic heterocycles. The summed E-state index contributed by atoms with van der Waals surface area (Å²) in [6, 6.07) is 2.62. The van der Waals surface area contributed by atoms with Crippen molar-refractivity contribution in [2.45, 2.75) is 18.7 Å². The van der Waals surface area contributed by atoms with Gasteiger partial charge in [-0.25, -0.2) is 4.79 Å². The Kier molecular flexibility index (Phi) is 3.40. The van der Waals surface area contributed by atoms with Crippen molar-refractivity contribution in [3.63, 3.8) is 0 Å². The van der Waals surface area contributed by atoms with E-state index in [1.54, 1.807) is 4.90 Å². The summed E-state index contributed by atoms with van der Waals surface area (Å²) in [6.07, 6.45) is -4.68. The van der Waals surface area contributed by atoms with Crippen LogP contribution in [0.1, 0.15) is 22.3 Å². The van der Waals surface area contributed by atoms with E-state index in [4.69, 9.17) is 5.11 Å². The second-order valence-corrected chi connectivity index (χ2v) is 4.42. The van der Waals surface area contributed by atoms with Gasteiger partial charge in [0.15, 0.2) is 0 Å². The molecule has 0 unspecified atom stereocenters. The summed E-state index contributed by atoms with van der Waals surface area (Å²) >= 11 is 0. The molecular weight excluding hydrogens is 263 g/mol. The lowest BCUT2D eigenvalue weighted by molar-refractivity contribution is -0.137. The number of hydrogen-bond acceptors (Lipinski definition) is 3. The first-order valence-corrected chi connectivity index (χ1v) is 5.66. The second kappa shape index (κ2) is 4.73. The lowest BCUT2D eigenvalue weighted by Crippen LogP contribution is -2.24. The molecule has 1 aromatic carbocycles. The van der Waals surface area contributed by atoms with Crippen LogP contribution in [0.4, 0.5) is 18.9 Å². The molecule has 1 aliphatic heterocycles. The maximum absolute atomic E-state index is 12.6. The summed E-state index contributed by atoms with van der Waals surface area (Å²) < 4.78 is 37.7. The Morgan fingerprint density at radius 2 is 2.05 bits per heavy atom. The van der Waals surface area contributed by atoms with E-state index >= 15 is 0 Å². The Labute approximate surface area is 107 Å². The van der Waals surface area contributed by atoms with Crippen molar-refractivity contribution < 1.29 is 28.2 Å². The summed E-state index contributed by atoms with van der Waals surface area (Å²) in [5, 5.41) is 18.4. The van der Waals surface area contributed by atoms with Crippen LogP contribution >= 0.6 is 0 Å². The third-order valence-corrected chi connectivity index (χ3v) is 3.06. The molecule has 0 spiro atoms. The number of carbonyl (C=O) groups is 1. The van der Waals surface area contributed by atoms with Crippen LogP contribution in [0.15, 0.2) is 18.2 Å². The number of halogens is 3. The predicted octanol–water partition coefficient (Wildman–Crippen LogP) is 1.97. The van der Waals surface area contributed by atoms with Gasteiger partial charge in [0.05, 0.1) is 22.9 Å². The number of anilines is 1. The molecule has 2 N–H and O–H groups in total. The molecule has 0 bridgehead atoms. The molecule has 1 heterocycles. The molecule has 1 atom stereocenters. The van der Waals surface area contributed by atoms with Gasteiger partial charge in [-0.1, -0.05) is 0 Å². The highest BCUT2D eigenvalue weighted by Gasteiger charge is 2.33. The highest BCUT2D eigenvalue weighted by molar-refractivity contribution is 5.94. The first-order valence-electron chi connectivity index (χ1n) is 5.66. The van der Waals surface area contributed by atoms with Gasteiger partial charge in [0.25, 0.3) is 0 Å². The number of nitrogens with zero attached hydrogens (tertiary/aromatic N) is 1. The minimum atomic E-state index is -4.58. The zero-order valence-corrected chi connectivity index (χ0v) is 9.81. The van der Waals surface area contributed by atoms with Gasteiger partial charge < -0.3 is 15.1 Å². The van der Waals surface area contributed by atoms with Gasteiger partial charge in [-0.15, -0.1) is 0 Å². The molecule has 1 aliphatic rings. The first-order chi connectivity index (χ1) is 8.79. The van der Waals surface area contributed by atoms with Gasteiger partial charge in [0.1, 0.15) is 0 Å². The number of carboxylic acid groups (broad SMARTS) is 1. The van der Waals surface area contributed by atoms with Crippen LogP contribution in [0, 0.1) is 0 Å². The Bertz CT molecular complexity index is 501. The molecule has 1 fully saturated rings. The molecule has 4 nitrogen and oxygen atoms in total. The van der Waals surface area contributed by atoms with Crippen molar-refractivity contribution in [3.8, 4) is 0 Å². The summed E-state index contributed by atoms with van der Waals surface area (Å²) in [5.41, 5.74) is -1.19. The average Bonchev–Trinajstić information content (AvgIpc) is 2.73. The number of β-amino-alcohol motifs (C(OH)–C–C–N with tert-alkyl or cyclic N) is 1. The number of aliphatic hydroxyl groups excluding tert-OH is 1. The topological polar surface area (TPSA) is 60.8 Å². The number of aromatic carboxylic acids is 1. The Morgan fingerprint density at radius 1 is 1.37 bits per heavy atom. The van der Waals surface area contributed by atoms with E-state index in [2.05, 4.69) is 0 Å². The fourth-order valence-corrected chi connectivity index (χ4v) is 2.12. The molecule has 7 heteroatoms. The zero-order valence-electron chi connectivity index (χ0n) is 9.81. The van der Waals surface area contributed by atoms with Crippen molar-refractivity contribution >= 4 is 11.7 Å². The highest BCUT2D eigenvalue weighted by Crippen LogP contribution is 2.33. The van der Waals surface area contributed by atoms with E-state index in [0.29, 0.717) is 19.0 Å². The molecule has 1 saturated heterocycles. The number of alkyl halides is 3. The van der Waals surface area contributed by atoms with Crippen molar-refractivity contribution in [2.75, 3.05) is 18.0 Å². The largest absolute Gasteiger partial charge is 0.478 e. The standard InChI is InChI=1S/C12H12F3NO3/c13-12(14,15)7-1-2-10(9(5-7)11(18)19)16-4-3-8(17)6-16/h1-2,5,8,17H,3-4,6H2,(H,18,19)/t8-/m0/s1. The van der Waals surface area contributed by atoms with Gasteiger partial charge in [0, 0.05) is 13.1 Å². The quantitative estimate of drug-likeness (QED) is 0.866. The number of rotatable bonds is 2.